The van der Waals surface area contributed by atoms with Crippen LogP contribution in [0.5, 0.6) is 0 Å². The average Bonchev–Trinajstić information content (AvgIpc) is 2.83. The Hall–Kier alpha value is -1.45. The second kappa shape index (κ2) is 4.58. The van der Waals surface area contributed by atoms with Gasteiger partial charge in [0.2, 0.25) is 15.9 Å². The van der Waals surface area contributed by atoms with Crippen LogP contribution in [0, 0.1) is 13.8 Å². The molecule has 4 N–H and O–H groups in total. The maximum absolute atomic E-state index is 12.5. The van der Waals surface area contributed by atoms with Gasteiger partial charge in [0.15, 0.2) is 0 Å². The molecule has 0 bridgehead atoms. The lowest BCUT2D eigenvalue weighted by atomic mass is 10.2. The number of aliphatic hydroxyl groups excluding tert-OH is 1. The number of amides is 1. The van der Waals surface area contributed by atoms with Crippen molar-refractivity contribution in [2.75, 3.05) is 6.54 Å². The van der Waals surface area contributed by atoms with Gasteiger partial charge in [0, 0.05) is 13.0 Å². The Morgan fingerprint density at radius 1 is 1.53 bits per heavy atom. The van der Waals surface area contributed by atoms with E-state index in [1.807, 2.05) is 0 Å². The van der Waals surface area contributed by atoms with Gasteiger partial charge in [-0.15, -0.1) is 0 Å². The molecule has 0 radical (unpaired) electrons. The molecule has 0 aliphatic carbocycles. The van der Waals surface area contributed by atoms with Crippen LogP contribution >= 0.6 is 0 Å². The lowest BCUT2D eigenvalue weighted by molar-refractivity contribution is -0.121. The van der Waals surface area contributed by atoms with Crippen LogP contribution in [0.4, 0.5) is 0 Å². The second-order valence-electron chi connectivity index (χ2n) is 4.65. The van der Waals surface area contributed by atoms with Crippen molar-refractivity contribution in [2.45, 2.75) is 37.3 Å². The third-order valence-corrected chi connectivity index (χ3v) is 5.33. The number of rotatable bonds is 3. The van der Waals surface area contributed by atoms with E-state index in [1.165, 1.54) is 0 Å². The third kappa shape index (κ3) is 2.24. The number of sulfonamides is 1. The van der Waals surface area contributed by atoms with Gasteiger partial charge >= 0.3 is 0 Å². The van der Waals surface area contributed by atoms with E-state index in [-0.39, 0.29) is 17.9 Å². The molecule has 0 aromatic carbocycles. The minimum Gasteiger partial charge on any atom is -0.392 e. The zero-order chi connectivity index (χ0) is 14.4. The van der Waals surface area contributed by atoms with E-state index in [2.05, 4.69) is 10.2 Å². The van der Waals surface area contributed by atoms with Crippen molar-refractivity contribution in [1.29, 1.82) is 0 Å². The Morgan fingerprint density at radius 3 is 2.63 bits per heavy atom. The molecular weight excluding hydrogens is 272 g/mol. The predicted molar refractivity (Wildman–Crippen MR) is 65.6 cm³/mol. The van der Waals surface area contributed by atoms with Gasteiger partial charge in [-0.25, -0.2) is 8.42 Å². The van der Waals surface area contributed by atoms with Crippen molar-refractivity contribution in [3.8, 4) is 0 Å². The summed E-state index contributed by atoms with van der Waals surface area (Å²) in [6.07, 6.45) is -0.871. The summed E-state index contributed by atoms with van der Waals surface area (Å²) >= 11 is 0. The highest BCUT2D eigenvalue weighted by Crippen LogP contribution is 2.28. The molecule has 106 valence electrons. The molecule has 0 spiro atoms. The highest BCUT2D eigenvalue weighted by molar-refractivity contribution is 7.89. The largest absolute Gasteiger partial charge is 0.392 e. The third-order valence-electron chi connectivity index (χ3n) is 3.19. The summed E-state index contributed by atoms with van der Waals surface area (Å²) in [7, 11) is -3.91. The fourth-order valence-corrected chi connectivity index (χ4v) is 4.33. The number of hydrogen-bond donors (Lipinski definition) is 3. The summed E-state index contributed by atoms with van der Waals surface area (Å²) < 4.78 is 26.0. The van der Waals surface area contributed by atoms with Gasteiger partial charge in [-0.2, -0.15) is 9.40 Å². The average molecular weight is 288 g/mol. The van der Waals surface area contributed by atoms with Crippen molar-refractivity contribution >= 4 is 15.9 Å². The minimum atomic E-state index is -3.91. The van der Waals surface area contributed by atoms with E-state index < -0.39 is 28.1 Å². The Morgan fingerprint density at radius 2 is 2.16 bits per heavy atom. The molecule has 1 aliphatic rings. The van der Waals surface area contributed by atoms with Crippen molar-refractivity contribution in [1.82, 2.24) is 14.5 Å². The number of aromatic amines is 1. The number of nitrogens with zero attached hydrogens (tertiary/aromatic N) is 2. The van der Waals surface area contributed by atoms with Crippen molar-refractivity contribution in [3.63, 3.8) is 0 Å². The molecule has 1 aromatic heterocycles. The molecule has 2 heterocycles. The minimum absolute atomic E-state index is 0.0184. The highest BCUT2D eigenvalue weighted by Gasteiger charge is 2.44. The molecule has 0 saturated carbocycles. The molecule has 19 heavy (non-hydrogen) atoms. The fourth-order valence-electron chi connectivity index (χ4n) is 2.35. The van der Waals surface area contributed by atoms with Crippen molar-refractivity contribution in [3.05, 3.63) is 11.4 Å². The van der Waals surface area contributed by atoms with E-state index in [4.69, 9.17) is 5.73 Å². The van der Waals surface area contributed by atoms with Crippen LogP contribution in [0.1, 0.15) is 17.8 Å². The van der Waals surface area contributed by atoms with Gasteiger partial charge in [-0.05, 0) is 13.8 Å². The molecular formula is C10H16N4O4S. The van der Waals surface area contributed by atoms with E-state index in [0.29, 0.717) is 11.4 Å². The van der Waals surface area contributed by atoms with Gasteiger partial charge in [0.25, 0.3) is 0 Å². The van der Waals surface area contributed by atoms with Crippen LogP contribution in [0.2, 0.25) is 0 Å². The molecule has 2 unspecified atom stereocenters. The van der Waals surface area contributed by atoms with Crippen LogP contribution in [-0.2, 0) is 14.8 Å². The van der Waals surface area contributed by atoms with E-state index in [9.17, 15) is 18.3 Å². The lowest BCUT2D eigenvalue weighted by Crippen LogP contribution is -2.43. The summed E-state index contributed by atoms with van der Waals surface area (Å²) in [6.45, 7) is 3.00. The van der Waals surface area contributed by atoms with Crippen LogP contribution in [0.25, 0.3) is 0 Å². The summed E-state index contributed by atoms with van der Waals surface area (Å²) in [6, 6.07) is -1.02. The molecule has 8 nitrogen and oxygen atoms in total. The monoisotopic (exact) mass is 288 g/mol. The van der Waals surface area contributed by atoms with Crippen LogP contribution in [0.3, 0.4) is 0 Å². The standard InChI is InChI=1S/C10H16N4O4S/c1-5-9(6(2)13-12-5)19(17,18)14-4-7(15)3-8(14)10(11)16/h7-8,15H,3-4H2,1-2H3,(H2,11,16)(H,12,13). The zero-order valence-corrected chi connectivity index (χ0v) is 11.4. The Bertz CT molecular complexity index is 590. The van der Waals surface area contributed by atoms with E-state index >= 15 is 0 Å². The van der Waals surface area contributed by atoms with Crippen LogP contribution in [-0.4, -0.2) is 52.6 Å². The SMILES string of the molecule is Cc1n[nH]c(C)c1S(=O)(=O)N1CC(O)CC1C(N)=O. The van der Waals surface area contributed by atoms with Gasteiger partial charge in [0.05, 0.1) is 17.5 Å². The number of hydrogen-bond acceptors (Lipinski definition) is 5. The normalized spacial score (nSPS) is 24.8. The molecule has 2 atom stereocenters. The molecule has 1 fully saturated rings. The Labute approximate surface area is 110 Å². The summed E-state index contributed by atoms with van der Waals surface area (Å²) in [5.74, 6) is -0.765. The van der Waals surface area contributed by atoms with Gasteiger partial charge in [0.1, 0.15) is 10.9 Å². The zero-order valence-electron chi connectivity index (χ0n) is 10.6. The Kier molecular flexibility index (Phi) is 3.37. The van der Waals surface area contributed by atoms with Gasteiger partial charge in [-0.1, -0.05) is 0 Å². The maximum atomic E-state index is 12.5. The number of primary amides is 1. The molecule has 1 amide bonds. The fraction of sp³-hybridized carbons (Fsp3) is 0.600. The van der Waals surface area contributed by atoms with Crippen LogP contribution in [0.15, 0.2) is 4.90 Å². The predicted octanol–water partition coefficient (Wildman–Crippen LogP) is -1.36. The number of carbonyl (C=O) groups excluding carboxylic acids is 1. The van der Waals surface area contributed by atoms with Crippen LogP contribution < -0.4 is 5.73 Å². The summed E-state index contributed by atoms with van der Waals surface area (Å²) in [5.41, 5.74) is 5.91. The lowest BCUT2D eigenvalue weighted by Gasteiger charge is -2.21. The summed E-state index contributed by atoms with van der Waals surface area (Å²) in [4.78, 5) is 11.4. The molecule has 2 rings (SSSR count). The topological polar surface area (TPSA) is 129 Å². The van der Waals surface area contributed by atoms with Gasteiger partial charge < -0.3 is 10.8 Å². The highest BCUT2D eigenvalue weighted by atomic mass is 32.2. The van der Waals surface area contributed by atoms with E-state index in [1.54, 1.807) is 13.8 Å². The quantitative estimate of drug-likeness (QED) is 0.632. The number of nitrogens with one attached hydrogen (secondary N) is 1. The number of nitrogens with two attached hydrogens (primary N) is 1. The number of aromatic nitrogens is 2. The van der Waals surface area contributed by atoms with Crippen molar-refractivity contribution < 1.29 is 18.3 Å². The first-order chi connectivity index (χ1) is 8.75. The second-order valence-corrected chi connectivity index (χ2v) is 6.47. The smallest absolute Gasteiger partial charge is 0.247 e. The first-order valence-electron chi connectivity index (χ1n) is 5.76. The first kappa shape index (κ1) is 14.0. The number of aliphatic hydroxyl groups is 1. The van der Waals surface area contributed by atoms with Crippen molar-refractivity contribution in [2.24, 2.45) is 5.73 Å². The number of β-amino-alcohol motifs (C(OH)–C–C–N with tert-alkyl or cyclic N) is 1. The molecule has 1 aliphatic heterocycles. The maximum Gasteiger partial charge on any atom is 0.247 e. The first-order valence-corrected chi connectivity index (χ1v) is 7.20. The number of carbonyl (C=O) groups is 1. The number of H-pyrrole nitrogens is 1. The van der Waals surface area contributed by atoms with E-state index in [0.717, 1.165) is 4.31 Å². The molecule has 9 heteroatoms. The van der Waals surface area contributed by atoms with Gasteiger partial charge in [-0.3, -0.25) is 9.89 Å². The summed E-state index contributed by atoms with van der Waals surface area (Å²) in [5, 5.41) is 16.0. The Balaban J connectivity index is 2.48. The molecule has 1 aromatic rings. The number of aryl methyl sites for hydroxylation is 2. The molecule has 1 saturated heterocycles.